The van der Waals surface area contributed by atoms with Crippen LogP contribution in [0.5, 0.6) is 0 Å². The molecule has 0 radical (unpaired) electrons. The summed E-state index contributed by atoms with van der Waals surface area (Å²) in [5.41, 5.74) is 6.63. The van der Waals surface area contributed by atoms with Crippen LogP contribution in [0.4, 0.5) is 11.8 Å². The van der Waals surface area contributed by atoms with E-state index in [0.29, 0.717) is 17.8 Å². The minimum Gasteiger partial charge on any atom is -0.368 e. The summed E-state index contributed by atoms with van der Waals surface area (Å²) in [6.07, 6.45) is 0. The number of aromatic nitrogens is 2. The van der Waals surface area contributed by atoms with Crippen molar-refractivity contribution in [3.8, 4) is 0 Å². The van der Waals surface area contributed by atoms with Gasteiger partial charge in [0.15, 0.2) is 0 Å². The molecule has 96 valence electrons. The lowest BCUT2D eigenvalue weighted by Gasteiger charge is -2.27. The first kappa shape index (κ1) is 13.7. The zero-order valence-electron chi connectivity index (χ0n) is 11.6. The second kappa shape index (κ2) is 5.84. The number of nitrogens with two attached hydrogens (primary N) is 1. The fourth-order valence-corrected chi connectivity index (χ4v) is 1.88. The van der Waals surface area contributed by atoms with E-state index in [4.69, 9.17) is 5.73 Å². The highest BCUT2D eigenvalue weighted by Gasteiger charge is 2.13. The highest BCUT2D eigenvalue weighted by atomic mass is 15.2. The highest BCUT2D eigenvalue weighted by molar-refractivity contribution is 5.43. The van der Waals surface area contributed by atoms with Crippen LogP contribution in [0, 0.1) is 18.8 Å². The predicted octanol–water partition coefficient (Wildman–Crippen LogP) is 2.49. The molecule has 4 nitrogen and oxygen atoms in total. The van der Waals surface area contributed by atoms with Crippen LogP contribution < -0.4 is 10.6 Å². The van der Waals surface area contributed by atoms with Gasteiger partial charge >= 0.3 is 0 Å². The lowest BCUT2D eigenvalue weighted by Crippen LogP contribution is -2.32. The SMILES string of the molecule is Cc1cc(N(CC(C)C)CC(C)C)nc(N)n1. The van der Waals surface area contributed by atoms with E-state index in [-0.39, 0.29) is 0 Å². The monoisotopic (exact) mass is 236 g/mol. The molecule has 0 saturated carbocycles. The van der Waals surface area contributed by atoms with E-state index >= 15 is 0 Å². The maximum atomic E-state index is 5.71. The van der Waals surface area contributed by atoms with Gasteiger partial charge in [-0.3, -0.25) is 0 Å². The van der Waals surface area contributed by atoms with Gasteiger partial charge in [0, 0.05) is 24.8 Å². The van der Waals surface area contributed by atoms with Crippen LogP contribution in [-0.2, 0) is 0 Å². The molecular formula is C13H24N4. The third-order valence-electron chi connectivity index (χ3n) is 2.35. The fourth-order valence-electron chi connectivity index (χ4n) is 1.88. The van der Waals surface area contributed by atoms with Crippen LogP contribution >= 0.6 is 0 Å². The highest BCUT2D eigenvalue weighted by Crippen LogP contribution is 2.16. The van der Waals surface area contributed by atoms with Crippen LogP contribution in [0.2, 0.25) is 0 Å². The Bertz CT molecular complexity index is 330. The average molecular weight is 236 g/mol. The van der Waals surface area contributed by atoms with Crippen LogP contribution in [0.3, 0.4) is 0 Å². The van der Waals surface area contributed by atoms with Gasteiger partial charge in [0.05, 0.1) is 0 Å². The average Bonchev–Trinajstić information content (AvgIpc) is 2.13. The van der Waals surface area contributed by atoms with Crippen LogP contribution in [0.15, 0.2) is 6.07 Å². The lowest BCUT2D eigenvalue weighted by molar-refractivity contribution is 0.548. The molecule has 1 aromatic heterocycles. The van der Waals surface area contributed by atoms with Crippen molar-refractivity contribution in [1.29, 1.82) is 0 Å². The van der Waals surface area contributed by atoms with E-state index < -0.39 is 0 Å². The number of rotatable bonds is 5. The van der Waals surface area contributed by atoms with Gasteiger partial charge in [-0.15, -0.1) is 0 Å². The molecule has 0 atom stereocenters. The Hall–Kier alpha value is -1.32. The molecule has 0 bridgehead atoms. The third-order valence-corrected chi connectivity index (χ3v) is 2.35. The van der Waals surface area contributed by atoms with E-state index in [0.717, 1.165) is 24.6 Å². The summed E-state index contributed by atoms with van der Waals surface area (Å²) in [5, 5.41) is 0. The Morgan fingerprint density at radius 1 is 1.12 bits per heavy atom. The molecule has 0 saturated heterocycles. The van der Waals surface area contributed by atoms with Crippen molar-refractivity contribution in [2.75, 3.05) is 23.7 Å². The molecule has 0 aliphatic rings. The standard InChI is InChI=1S/C13H24N4/c1-9(2)7-17(8-10(3)4)12-6-11(5)15-13(14)16-12/h6,9-10H,7-8H2,1-5H3,(H2,14,15,16). The molecule has 17 heavy (non-hydrogen) atoms. The maximum Gasteiger partial charge on any atom is 0.222 e. The summed E-state index contributed by atoms with van der Waals surface area (Å²) in [6, 6.07) is 2.00. The zero-order chi connectivity index (χ0) is 13.0. The van der Waals surface area contributed by atoms with E-state index in [1.807, 2.05) is 13.0 Å². The Labute approximate surface area is 104 Å². The molecule has 0 amide bonds. The topological polar surface area (TPSA) is 55.0 Å². The van der Waals surface area contributed by atoms with Crippen LogP contribution in [0.1, 0.15) is 33.4 Å². The fraction of sp³-hybridized carbons (Fsp3) is 0.692. The van der Waals surface area contributed by atoms with Gasteiger partial charge in [-0.1, -0.05) is 27.7 Å². The number of hydrogen-bond acceptors (Lipinski definition) is 4. The number of hydrogen-bond donors (Lipinski definition) is 1. The third kappa shape index (κ3) is 4.59. The van der Waals surface area contributed by atoms with Crippen molar-refractivity contribution >= 4 is 11.8 Å². The lowest BCUT2D eigenvalue weighted by atomic mass is 10.1. The normalized spacial score (nSPS) is 11.2. The minimum atomic E-state index is 0.359. The van der Waals surface area contributed by atoms with E-state index in [1.165, 1.54) is 0 Å². The summed E-state index contributed by atoms with van der Waals surface area (Å²) in [5.74, 6) is 2.51. The quantitative estimate of drug-likeness (QED) is 0.853. The first-order valence-electron chi connectivity index (χ1n) is 6.24. The summed E-state index contributed by atoms with van der Waals surface area (Å²) in [4.78, 5) is 10.7. The molecule has 0 spiro atoms. The van der Waals surface area contributed by atoms with Crippen LogP contribution in [-0.4, -0.2) is 23.1 Å². The van der Waals surface area contributed by atoms with Gasteiger partial charge in [-0.2, -0.15) is 4.98 Å². The summed E-state index contributed by atoms with van der Waals surface area (Å²) < 4.78 is 0. The second-order valence-electron chi connectivity index (χ2n) is 5.42. The Balaban J connectivity index is 2.94. The molecular weight excluding hydrogens is 212 g/mol. The van der Waals surface area contributed by atoms with Crippen molar-refractivity contribution in [2.24, 2.45) is 11.8 Å². The molecule has 2 N–H and O–H groups in total. The van der Waals surface area contributed by atoms with E-state index in [2.05, 4.69) is 42.6 Å². The first-order chi connectivity index (χ1) is 7.88. The molecule has 4 heteroatoms. The van der Waals surface area contributed by atoms with Crippen molar-refractivity contribution in [1.82, 2.24) is 9.97 Å². The Morgan fingerprint density at radius 3 is 2.06 bits per heavy atom. The largest absolute Gasteiger partial charge is 0.368 e. The minimum absolute atomic E-state index is 0.359. The van der Waals surface area contributed by atoms with Gasteiger partial charge in [0.2, 0.25) is 5.95 Å². The van der Waals surface area contributed by atoms with Gasteiger partial charge in [-0.25, -0.2) is 4.98 Å². The molecule has 1 heterocycles. The Kier molecular flexibility index (Phi) is 4.73. The molecule has 0 aromatic carbocycles. The van der Waals surface area contributed by atoms with Gasteiger partial charge < -0.3 is 10.6 Å². The number of nitrogen functional groups attached to an aromatic ring is 1. The smallest absolute Gasteiger partial charge is 0.222 e. The van der Waals surface area contributed by atoms with E-state index in [9.17, 15) is 0 Å². The molecule has 0 aliphatic heterocycles. The molecule has 1 aromatic rings. The molecule has 0 aliphatic carbocycles. The van der Waals surface area contributed by atoms with Gasteiger partial charge in [-0.05, 0) is 18.8 Å². The number of anilines is 2. The number of aryl methyl sites for hydroxylation is 1. The Morgan fingerprint density at radius 2 is 1.65 bits per heavy atom. The first-order valence-corrected chi connectivity index (χ1v) is 6.24. The molecule has 1 rings (SSSR count). The van der Waals surface area contributed by atoms with Gasteiger partial charge in [0.25, 0.3) is 0 Å². The van der Waals surface area contributed by atoms with Crippen molar-refractivity contribution < 1.29 is 0 Å². The second-order valence-corrected chi connectivity index (χ2v) is 5.42. The van der Waals surface area contributed by atoms with Crippen molar-refractivity contribution in [3.05, 3.63) is 11.8 Å². The zero-order valence-corrected chi connectivity index (χ0v) is 11.6. The van der Waals surface area contributed by atoms with Crippen LogP contribution in [0.25, 0.3) is 0 Å². The maximum absolute atomic E-state index is 5.71. The van der Waals surface area contributed by atoms with Crippen molar-refractivity contribution in [2.45, 2.75) is 34.6 Å². The van der Waals surface area contributed by atoms with Gasteiger partial charge in [0.1, 0.15) is 5.82 Å². The summed E-state index contributed by atoms with van der Waals surface area (Å²) in [6.45, 7) is 12.8. The van der Waals surface area contributed by atoms with E-state index in [1.54, 1.807) is 0 Å². The van der Waals surface area contributed by atoms with Crippen molar-refractivity contribution in [3.63, 3.8) is 0 Å². The molecule has 0 fully saturated rings. The summed E-state index contributed by atoms with van der Waals surface area (Å²) >= 11 is 0. The predicted molar refractivity (Wildman–Crippen MR) is 73.1 cm³/mol. The number of nitrogens with zero attached hydrogens (tertiary/aromatic N) is 3. The summed E-state index contributed by atoms with van der Waals surface area (Å²) in [7, 11) is 0. The molecule has 0 unspecified atom stereocenters.